The molecule has 3 aromatic rings. The van der Waals surface area contributed by atoms with Crippen LogP contribution in [0.5, 0.6) is 0 Å². The van der Waals surface area contributed by atoms with Gasteiger partial charge < -0.3 is 9.32 Å². The van der Waals surface area contributed by atoms with Crippen LogP contribution in [0.25, 0.3) is 17.0 Å². The molecule has 1 saturated carbocycles. The Morgan fingerprint density at radius 2 is 1.87 bits per heavy atom. The molecule has 1 N–H and O–H groups in total. The van der Waals surface area contributed by atoms with E-state index in [1.54, 1.807) is 23.6 Å². The fourth-order valence-electron chi connectivity index (χ4n) is 4.10. The Morgan fingerprint density at radius 1 is 1.13 bits per heavy atom. The van der Waals surface area contributed by atoms with Crippen molar-refractivity contribution in [3.8, 4) is 6.01 Å². The number of likely N-dealkylation sites (tertiary alicyclic amines) is 1. The largest absolute Gasteiger partial charge is 0.408 e. The number of fused-ring (bicyclic) bond motifs is 1. The first-order valence-electron chi connectivity index (χ1n) is 10.6. The van der Waals surface area contributed by atoms with Gasteiger partial charge in [-0.3, -0.25) is 4.57 Å². The van der Waals surface area contributed by atoms with Crippen molar-refractivity contribution in [1.29, 1.82) is 0 Å². The van der Waals surface area contributed by atoms with Crippen molar-refractivity contribution in [2.75, 3.05) is 19.6 Å². The van der Waals surface area contributed by atoms with Crippen LogP contribution in [0.4, 0.5) is 0 Å². The first-order chi connectivity index (χ1) is 14.8. The first-order valence-corrected chi connectivity index (χ1v) is 12.1. The van der Waals surface area contributed by atoms with Crippen LogP contribution in [0.15, 0.2) is 32.3 Å². The van der Waals surface area contributed by atoms with Gasteiger partial charge in [0.2, 0.25) is 15.9 Å². The van der Waals surface area contributed by atoms with Gasteiger partial charge >= 0.3 is 11.7 Å². The normalized spacial score (nSPS) is 18.8. The SMILES string of the molecule is Cc1nnc(-n2c(=O)n(CCN3CCCC3)c3ccc(S(=O)(=O)NC4(C)CC4)cc32)o1. The molecule has 1 aliphatic heterocycles. The summed E-state index contributed by atoms with van der Waals surface area (Å²) >= 11 is 0. The number of imidazole rings is 1. The number of nitrogens with one attached hydrogen (secondary N) is 1. The smallest absolute Gasteiger partial charge is 0.337 e. The fraction of sp³-hybridized carbons (Fsp3) is 0.550. The summed E-state index contributed by atoms with van der Waals surface area (Å²) in [6, 6.07) is 4.77. The first kappa shape index (κ1) is 20.4. The molecular formula is C20H26N6O4S. The molecule has 0 unspecified atom stereocenters. The average Bonchev–Trinajstić information content (AvgIpc) is 3.10. The molecular weight excluding hydrogens is 420 g/mol. The summed E-state index contributed by atoms with van der Waals surface area (Å²) in [5, 5.41) is 7.83. The lowest BCUT2D eigenvalue weighted by atomic mass is 10.3. The number of nitrogens with zero attached hydrogens (tertiary/aromatic N) is 5. The summed E-state index contributed by atoms with van der Waals surface area (Å²) in [5.41, 5.74) is 0.351. The van der Waals surface area contributed by atoms with Gasteiger partial charge in [0.1, 0.15) is 0 Å². The van der Waals surface area contributed by atoms with Gasteiger partial charge in [-0.1, -0.05) is 5.10 Å². The molecule has 1 aromatic carbocycles. The van der Waals surface area contributed by atoms with Gasteiger partial charge in [0.25, 0.3) is 0 Å². The summed E-state index contributed by atoms with van der Waals surface area (Å²) in [6.45, 7) is 6.84. The van der Waals surface area contributed by atoms with Crippen molar-refractivity contribution >= 4 is 21.1 Å². The second kappa shape index (κ2) is 7.28. The summed E-state index contributed by atoms with van der Waals surface area (Å²) in [6.07, 6.45) is 3.97. The topological polar surface area (TPSA) is 115 Å². The maximum atomic E-state index is 13.3. The molecule has 1 aliphatic carbocycles. The predicted octanol–water partition coefficient (Wildman–Crippen LogP) is 1.41. The Balaban J connectivity index is 1.60. The number of benzene rings is 1. The Bertz CT molecular complexity index is 1290. The van der Waals surface area contributed by atoms with Crippen LogP contribution in [0.2, 0.25) is 0 Å². The minimum atomic E-state index is -3.72. The lowest BCUT2D eigenvalue weighted by Crippen LogP contribution is -2.34. The molecule has 2 fully saturated rings. The summed E-state index contributed by atoms with van der Waals surface area (Å²) in [5.74, 6) is 0.326. The molecule has 3 heterocycles. The Kier molecular flexibility index (Phi) is 4.79. The maximum Gasteiger partial charge on any atom is 0.337 e. The van der Waals surface area contributed by atoms with Crippen LogP contribution < -0.4 is 10.4 Å². The van der Waals surface area contributed by atoms with Crippen molar-refractivity contribution in [1.82, 2.24) is 29.0 Å². The second-order valence-electron chi connectivity index (χ2n) is 8.74. The van der Waals surface area contributed by atoms with E-state index in [2.05, 4.69) is 19.8 Å². The fourth-order valence-corrected chi connectivity index (χ4v) is 5.59. The van der Waals surface area contributed by atoms with Crippen molar-refractivity contribution in [2.24, 2.45) is 0 Å². The lowest BCUT2D eigenvalue weighted by molar-refractivity contribution is 0.322. The quantitative estimate of drug-likeness (QED) is 0.583. The van der Waals surface area contributed by atoms with Crippen molar-refractivity contribution < 1.29 is 12.8 Å². The Hall–Kier alpha value is -2.50. The van der Waals surface area contributed by atoms with E-state index in [1.165, 1.54) is 23.5 Å². The molecule has 5 rings (SSSR count). The molecule has 0 bridgehead atoms. The highest BCUT2D eigenvalue weighted by atomic mass is 32.2. The van der Waals surface area contributed by atoms with E-state index in [0.29, 0.717) is 23.5 Å². The number of hydrogen-bond acceptors (Lipinski definition) is 7. The molecule has 10 nitrogen and oxygen atoms in total. The van der Waals surface area contributed by atoms with Gasteiger partial charge in [0.05, 0.1) is 15.9 Å². The molecule has 31 heavy (non-hydrogen) atoms. The number of hydrogen-bond donors (Lipinski definition) is 1. The number of aryl methyl sites for hydroxylation is 1. The van der Waals surface area contributed by atoms with E-state index in [1.807, 2.05) is 6.92 Å². The minimum Gasteiger partial charge on any atom is -0.408 e. The third-order valence-electron chi connectivity index (χ3n) is 6.14. The highest BCUT2D eigenvalue weighted by Gasteiger charge is 2.41. The van der Waals surface area contributed by atoms with Crippen LogP contribution in [-0.2, 0) is 16.6 Å². The zero-order valence-corrected chi connectivity index (χ0v) is 18.5. The Morgan fingerprint density at radius 3 is 2.52 bits per heavy atom. The van der Waals surface area contributed by atoms with E-state index in [4.69, 9.17) is 4.42 Å². The zero-order valence-electron chi connectivity index (χ0n) is 17.7. The molecule has 2 aliphatic rings. The number of rotatable bonds is 7. The standard InChI is InChI=1S/C20H26N6O4S/c1-14-21-22-18(30-14)26-17-13-15(31(28,29)23-20(2)7-8-20)5-6-16(17)25(19(26)27)12-11-24-9-3-4-10-24/h5-6,13,23H,3-4,7-12H2,1-2H3. The predicted molar refractivity (Wildman–Crippen MR) is 114 cm³/mol. The van der Waals surface area contributed by atoms with Gasteiger partial charge in [-0.15, -0.1) is 5.10 Å². The molecule has 166 valence electrons. The lowest BCUT2D eigenvalue weighted by Gasteiger charge is -2.14. The molecule has 0 radical (unpaired) electrons. The van der Waals surface area contributed by atoms with Crippen molar-refractivity contribution in [3.05, 3.63) is 34.6 Å². The van der Waals surface area contributed by atoms with Gasteiger partial charge in [-0.25, -0.2) is 22.5 Å². The third kappa shape index (κ3) is 3.81. The molecule has 2 aromatic heterocycles. The highest BCUT2D eigenvalue weighted by Crippen LogP contribution is 2.36. The van der Waals surface area contributed by atoms with Crippen molar-refractivity contribution in [3.63, 3.8) is 0 Å². The average molecular weight is 447 g/mol. The summed E-state index contributed by atoms with van der Waals surface area (Å²) < 4.78 is 37.0. The van der Waals surface area contributed by atoms with Gasteiger partial charge in [0.15, 0.2) is 0 Å². The van der Waals surface area contributed by atoms with E-state index in [-0.39, 0.29) is 16.6 Å². The van der Waals surface area contributed by atoms with Gasteiger partial charge in [-0.2, -0.15) is 0 Å². The molecule has 11 heteroatoms. The zero-order chi connectivity index (χ0) is 21.8. The minimum absolute atomic E-state index is 0.0316. The Labute approximate surface area is 179 Å². The van der Waals surface area contributed by atoms with Crippen LogP contribution in [0.1, 0.15) is 38.5 Å². The third-order valence-corrected chi connectivity index (χ3v) is 7.77. The van der Waals surface area contributed by atoms with E-state index in [9.17, 15) is 13.2 Å². The maximum absolute atomic E-state index is 13.3. The van der Waals surface area contributed by atoms with E-state index < -0.39 is 15.6 Å². The van der Waals surface area contributed by atoms with E-state index >= 15 is 0 Å². The van der Waals surface area contributed by atoms with Gasteiger partial charge in [-0.05, 0) is 63.9 Å². The highest BCUT2D eigenvalue weighted by molar-refractivity contribution is 7.89. The van der Waals surface area contributed by atoms with E-state index in [0.717, 1.165) is 32.5 Å². The number of aromatic nitrogens is 4. The summed E-state index contributed by atoms with van der Waals surface area (Å²) in [4.78, 5) is 15.7. The van der Waals surface area contributed by atoms with Crippen LogP contribution in [0.3, 0.4) is 0 Å². The second-order valence-corrected chi connectivity index (χ2v) is 10.4. The summed E-state index contributed by atoms with van der Waals surface area (Å²) in [7, 11) is -3.72. The molecule has 0 spiro atoms. The molecule has 0 amide bonds. The monoisotopic (exact) mass is 446 g/mol. The van der Waals surface area contributed by atoms with Crippen LogP contribution >= 0.6 is 0 Å². The van der Waals surface area contributed by atoms with Crippen molar-refractivity contribution in [2.45, 2.75) is 56.5 Å². The van der Waals surface area contributed by atoms with Crippen LogP contribution in [-0.4, -0.2) is 57.8 Å². The van der Waals surface area contributed by atoms with Crippen LogP contribution in [0, 0.1) is 6.92 Å². The molecule has 0 atom stereocenters. The molecule has 1 saturated heterocycles. The number of sulfonamides is 1. The van der Waals surface area contributed by atoms with Gasteiger partial charge in [0, 0.05) is 25.6 Å².